The van der Waals surface area contributed by atoms with Gasteiger partial charge in [-0.05, 0) is 64.2 Å². The van der Waals surface area contributed by atoms with Gasteiger partial charge in [0.1, 0.15) is 13.2 Å². The maximum atomic E-state index is 13.1. The van der Waals surface area contributed by atoms with E-state index in [0.717, 1.165) is 77.0 Å². The summed E-state index contributed by atoms with van der Waals surface area (Å²) in [5.41, 5.74) is 0. The molecule has 8 nitrogen and oxygen atoms in total. The van der Waals surface area contributed by atoms with Gasteiger partial charge < -0.3 is 19.8 Å². The summed E-state index contributed by atoms with van der Waals surface area (Å²) >= 11 is 0. The maximum absolute atomic E-state index is 13.1. The van der Waals surface area contributed by atoms with E-state index in [1.54, 1.807) is 0 Å². The summed E-state index contributed by atoms with van der Waals surface area (Å²) in [6.45, 7) is 4.83. The van der Waals surface area contributed by atoms with Crippen molar-refractivity contribution in [1.29, 1.82) is 0 Å². The number of hydrogen-bond donors (Lipinski definition) is 3. The largest absolute Gasteiger partial charge is 0.472 e. The van der Waals surface area contributed by atoms with Gasteiger partial charge in [0.05, 0.1) is 39.9 Å². The fraction of sp³-hybridized carbons (Fsp3) is 0.840. The maximum Gasteiger partial charge on any atom is 0.472 e. The van der Waals surface area contributed by atoms with E-state index in [0.29, 0.717) is 23.9 Å². The Hall–Kier alpha value is -2.06. The van der Waals surface area contributed by atoms with Crippen LogP contribution in [0.4, 0.5) is 0 Å². The van der Waals surface area contributed by atoms with Crippen LogP contribution in [0.1, 0.15) is 386 Å². The van der Waals surface area contributed by atoms with E-state index in [-0.39, 0.29) is 19.1 Å². The van der Waals surface area contributed by atoms with Gasteiger partial charge in [0.25, 0.3) is 0 Å². The highest BCUT2D eigenvalue weighted by Crippen LogP contribution is 2.43. The van der Waals surface area contributed by atoms with Gasteiger partial charge >= 0.3 is 7.82 Å². The topological polar surface area (TPSA) is 105 Å². The molecule has 0 rings (SSSR count). The molecule has 0 aromatic heterocycles. The molecule has 0 spiro atoms. The van der Waals surface area contributed by atoms with Crippen LogP contribution in [-0.2, 0) is 18.4 Å². The lowest BCUT2D eigenvalue weighted by Gasteiger charge is -2.26. The van der Waals surface area contributed by atoms with E-state index < -0.39 is 20.0 Å². The highest BCUT2D eigenvalue weighted by Gasteiger charge is 2.28. The quantitative estimate of drug-likeness (QED) is 0.0243. The molecule has 0 aliphatic rings. The molecule has 0 aliphatic heterocycles. The van der Waals surface area contributed by atoms with Gasteiger partial charge in [-0.25, -0.2) is 4.57 Å². The van der Waals surface area contributed by atoms with Crippen LogP contribution in [0.25, 0.3) is 0 Å². The van der Waals surface area contributed by atoms with Crippen LogP contribution < -0.4 is 5.32 Å². The van der Waals surface area contributed by atoms with Gasteiger partial charge in [0, 0.05) is 6.42 Å². The molecule has 0 saturated heterocycles. The smallest absolute Gasteiger partial charge is 0.391 e. The summed E-state index contributed by atoms with van der Waals surface area (Å²) in [6, 6.07) is -0.763. The Morgan fingerprint density at radius 2 is 0.667 bits per heavy atom. The first-order valence-corrected chi connectivity index (χ1v) is 40.8. The third-order valence-electron chi connectivity index (χ3n) is 18.0. The summed E-state index contributed by atoms with van der Waals surface area (Å²) in [5, 5.41) is 14.2. The molecule has 0 aromatic rings. The van der Waals surface area contributed by atoms with E-state index >= 15 is 0 Å². The number of aliphatic hydroxyl groups is 1. The lowest BCUT2D eigenvalue weighted by atomic mass is 10.0. The molecule has 0 aliphatic carbocycles. The van der Waals surface area contributed by atoms with Gasteiger partial charge in [-0.1, -0.05) is 389 Å². The van der Waals surface area contributed by atoms with Gasteiger partial charge in [0.15, 0.2) is 0 Å². The molecule has 0 aromatic carbocycles. The van der Waals surface area contributed by atoms with Crippen molar-refractivity contribution in [3.63, 3.8) is 0 Å². The number of allylic oxidation sites excluding steroid dienone is 12. The molecule has 528 valence electrons. The zero-order chi connectivity index (χ0) is 65.5. The fourth-order valence-electron chi connectivity index (χ4n) is 11.9. The first-order chi connectivity index (χ1) is 44.0. The second kappa shape index (κ2) is 71.2. The number of nitrogens with one attached hydrogen (secondary N) is 1. The molecule has 0 fully saturated rings. The molecule has 0 saturated carbocycles. The molecule has 0 bridgehead atoms. The molecule has 3 N–H and O–H groups in total. The van der Waals surface area contributed by atoms with Crippen LogP contribution in [0.2, 0.25) is 0 Å². The number of nitrogens with zero attached hydrogens (tertiary/aromatic N) is 1. The number of phosphoric ester groups is 1. The van der Waals surface area contributed by atoms with E-state index in [2.05, 4.69) is 92.1 Å². The standard InChI is InChI=1S/C81H153N2O6P/c1-6-8-10-12-14-16-18-20-22-24-26-28-30-32-34-35-36-37-38-39-40-41-42-43-44-45-46-47-49-51-53-55-57-59-61-63-65-67-69-71-73-75-81(85)82-79(78-89-90(86,87)88-77-76-83(3,4)5)80(84)74-72-70-68-66-64-62-60-58-56-54-52-50-48-33-31-29-27-25-23-21-19-17-15-13-11-9-7-2/h8,10,14,16,20,22,26,28,32,34,36-37,79-80,84H,6-7,9,11-13,15,17-19,21,23-25,27,29-31,33,35,38-78H2,1-5H3,(H-,82,85,86,87)/p+1/b10-8-,16-14-,22-20-,28-26-,34-32-,37-36-. The van der Waals surface area contributed by atoms with E-state index in [4.69, 9.17) is 9.05 Å². The van der Waals surface area contributed by atoms with Crippen molar-refractivity contribution in [2.45, 2.75) is 398 Å². The Morgan fingerprint density at radius 3 is 0.978 bits per heavy atom. The average Bonchev–Trinajstić information content (AvgIpc) is 3.09. The molecule has 3 atom stereocenters. The Balaban J connectivity index is 3.92. The Bertz CT molecular complexity index is 1700. The molecular weight excluding hydrogens is 1130 g/mol. The fourth-order valence-corrected chi connectivity index (χ4v) is 12.7. The highest BCUT2D eigenvalue weighted by atomic mass is 31.2. The monoisotopic (exact) mass is 1280 g/mol. The van der Waals surface area contributed by atoms with Gasteiger partial charge in [0.2, 0.25) is 5.91 Å². The summed E-state index contributed by atoms with van der Waals surface area (Å²) in [6.07, 6.45) is 100. The van der Waals surface area contributed by atoms with Crippen molar-refractivity contribution in [1.82, 2.24) is 5.32 Å². The normalized spacial score (nSPS) is 13.9. The van der Waals surface area contributed by atoms with Crippen LogP contribution in [0.5, 0.6) is 0 Å². The van der Waals surface area contributed by atoms with E-state index in [1.165, 1.54) is 283 Å². The molecule has 9 heteroatoms. The Labute approximate surface area is 561 Å². The second-order valence-corrected chi connectivity index (χ2v) is 29.5. The van der Waals surface area contributed by atoms with Gasteiger partial charge in [-0.2, -0.15) is 0 Å². The zero-order valence-electron chi connectivity index (χ0n) is 60.6. The van der Waals surface area contributed by atoms with Crippen molar-refractivity contribution in [3.05, 3.63) is 72.9 Å². The van der Waals surface area contributed by atoms with Crippen molar-refractivity contribution < 1.29 is 32.9 Å². The molecular formula is C81H154N2O6P+. The minimum absolute atomic E-state index is 0.0759. The number of carbonyl (C=O) groups excluding carboxylic acids is 1. The number of hydrogen-bond acceptors (Lipinski definition) is 5. The highest BCUT2D eigenvalue weighted by molar-refractivity contribution is 7.47. The van der Waals surface area contributed by atoms with Crippen LogP contribution in [-0.4, -0.2) is 73.4 Å². The number of carbonyl (C=O) groups is 1. The number of phosphoric acid groups is 1. The molecule has 1 amide bonds. The summed E-state index contributed by atoms with van der Waals surface area (Å²) in [7, 11) is 1.63. The van der Waals surface area contributed by atoms with Crippen LogP contribution in [0, 0.1) is 0 Å². The average molecular weight is 1280 g/mol. The minimum Gasteiger partial charge on any atom is -0.391 e. The van der Waals surface area contributed by atoms with Crippen LogP contribution >= 0.6 is 7.82 Å². The predicted octanol–water partition coefficient (Wildman–Crippen LogP) is 25.7. The number of amides is 1. The predicted molar refractivity (Wildman–Crippen MR) is 397 cm³/mol. The Morgan fingerprint density at radius 1 is 0.389 bits per heavy atom. The summed E-state index contributed by atoms with van der Waals surface area (Å²) in [4.78, 5) is 23.5. The number of unbranched alkanes of at least 4 members (excludes halogenated alkanes) is 48. The first-order valence-electron chi connectivity index (χ1n) is 39.3. The molecule has 0 heterocycles. The van der Waals surface area contributed by atoms with Crippen LogP contribution in [0.15, 0.2) is 72.9 Å². The third kappa shape index (κ3) is 73.4. The van der Waals surface area contributed by atoms with Crippen molar-refractivity contribution >= 4 is 13.7 Å². The van der Waals surface area contributed by atoms with Crippen LogP contribution in [0.3, 0.4) is 0 Å². The van der Waals surface area contributed by atoms with Gasteiger partial charge in [-0.3, -0.25) is 13.8 Å². The number of rotatable bonds is 73. The van der Waals surface area contributed by atoms with E-state index in [9.17, 15) is 19.4 Å². The zero-order valence-corrected chi connectivity index (χ0v) is 61.5. The minimum atomic E-state index is -4.33. The lowest BCUT2D eigenvalue weighted by Crippen LogP contribution is -2.46. The molecule has 0 radical (unpaired) electrons. The number of likely N-dealkylation sites (N-methyl/N-ethyl adjacent to an activating group) is 1. The number of aliphatic hydroxyl groups excluding tert-OH is 1. The van der Waals surface area contributed by atoms with Crippen molar-refractivity contribution in [2.24, 2.45) is 0 Å². The molecule has 90 heavy (non-hydrogen) atoms. The van der Waals surface area contributed by atoms with E-state index in [1.807, 2.05) is 21.1 Å². The second-order valence-electron chi connectivity index (χ2n) is 28.1. The SMILES string of the molecule is CC/C=C\C/C=C\C/C=C\C/C=C\C/C=C\C/C=C\CCCCCCCCCCCCCCCCCCCCCCCCC(=O)NC(COP(=O)(O)OCC[N+](C)(C)C)C(O)CCCCCCCCCCCCCCCCCCCCCCCCCCCCC. The van der Waals surface area contributed by atoms with Crippen molar-refractivity contribution in [3.8, 4) is 0 Å². The first kappa shape index (κ1) is 87.9. The summed E-state index contributed by atoms with van der Waals surface area (Å²) in [5.74, 6) is -0.137. The molecule has 3 unspecified atom stereocenters. The van der Waals surface area contributed by atoms with Crippen molar-refractivity contribution in [2.75, 3.05) is 40.9 Å². The Kier molecular flexibility index (Phi) is 69.6. The lowest BCUT2D eigenvalue weighted by molar-refractivity contribution is -0.870. The van der Waals surface area contributed by atoms with Gasteiger partial charge in [-0.15, -0.1) is 0 Å². The number of quaternary nitrogens is 1. The summed E-state index contributed by atoms with van der Waals surface area (Å²) < 4.78 is 24.0. The third-order valence-corrected chi connectivity index (χ3v) is 19.0.